The van der Waals surface area contributed by atoms with Gasteiger partial charge in [-0.25, -0.2) is 4.79 Å². The van der Waals surface area contributed by atoms with Crippen LogP contribution in [0.3, 0.4) is 0 Å². The molecule has 5 nitrogen and oxygen atoms in total. The molecule has 2 aliphatic rings. The summed E-state index contributed by atoms with van der Waals surface area (Å²) in [6, 6.07) is 16.5. The van der Waals surface area contributed by atoms with E-state index < -0.39 is 6.09 Å². The van der Waals surface area contributed by atoms with Crippen LogP contribution in [0.1, 0.15) is 36.8 Å². The number of nitrogens with zero attached hydrogens (tertiary/aromatic N) is 1. The second-order valence-electron chi connectivity index (χ2n) is 7.15. The van der Waals surface area contributed by atoms with Gasteiger partial charge in [-0.15, -0.1) is 0 Å². The number of hydrogen-bond donors (Lipinski definition) is 1. The fourth-order valence-corrected chi connectivity index (χ4v) is 4.13. The first-order chi connectivity index (χ1) is 13.2. The van der Waals surface area contributed by atoms with Gasteiger partial charge in [0.2, 0.25) is 5.91 Å². The molecule has 1 atom stereocenters. The zero-order chi connectivity index (χ0) is 18.8. The van der Waals surface area contributed by atoms with Gasteiger partial charge in [-0.05, 0) is 28.7 Å². The van der Waals surface area contributed by atoms with Crippen LogP contribution in [0.25, 0.3) is 11.1 Å². The Bertz CT molecular complexity index is 819. The van der Waals surface area contributed by atoms with Crippen LogP contribution in [0, 0.1) is 0 Å². The van der Waals surface area contributed by atoms with Crippen molar-refractivity contribution >= 4 is 12.0 Å². The topological polar surface area (TPSA) is 58.6 Å². The number of rotatable bonds is 4. The van der Waals surface area contributed by atoms with Crippen molar-refractivity contribution in [1.82, 2.24) is 10.2 Å². The predicted molar refractivity (Wildman–Crippen MR) is 103 cm³/mol. The highest BCUT2D eigenvalue weighted by Gasteiger charge is 2.30. The highest BCUT2D eigenvalue weighted by Crippen LogP contribution is 2.44. The molecule has 1 aliphatic carbocycles. The van der Waals surface area contributed by atoms with Crippen molar-refractivity contribution < 1.29 is 14.3 Å². The minimum atomic E-state index is -0.410. The number of alkyl carbamates (subject to hydrolysis) is 1. The number of benzene rings is 2. The van der Waals surface area contributed by atoms with E-state index >= 15 is 0 Å². The van der Waals surface area contributed by atoms with Gasteiger partial charge in [0.05, 0.1) is 6.04 Å². The molecule has 2 aromatic carbocycles. The lowest BCUT2D eigenvalue weighted by molar-refractivity contribution is -0.129. The lowest BCUT2D eigenvalue weighted by atomic mass is 9.98. The minimum absolute atomic E-state index is 0.0313. The average Bonchev–Trinajstić information content (AvgIpc) is 3.28. The van der Waals surface area contributed by atoms with Crippen LogP contribution in [-0.2, 0) is 9.53 Å². The van der Waals surface area contributed by atoms with E-state index in [1.54, 1.807) is 4.90 Å². The second-order valence-corrected chi connectivity index (χ2v) is 7.15. The van der Waals surface area contributed by atoms with Crippen molar-refractivity contribution in [1.29, 1.82) is 0 Å². The molecule has 140 valence electrons. The van der Waals surface area contributed by atoms with E-state index in [4.69, 9.17) is 4.74 Å². The summed E-state index contributed by atoms with van der Waals surface area (Å²) in [5, 5.41) is 2.90. The lowest BCUT2D eigenvalue weighted by Gasteiger charge is -2.18. The molecule has 1 fully saturated rings. The van der Waals surface area contributed by atoms with Gasteiger partial charge >= 0.3 is 6.09 Å². The molecule has 0 spiro atoms. The third-order valence-corrected chi connectivity index (χ3v) is 5.51. The molecule has 2 amide bonds. The predicted octanol–water partition coefficient (Wildman–Crippen LogP) is 3.54. The Labute approximate surface area is 159 Å². The van der Waals surface area contributed by atoms with Crippen LogP contribution in [0.2, 0.25) is 0 Å². The molecule has 27 heavy (non-hydrogen) atoms. The Hall–Kier alpha value is -2.82. The molecule has 1 N–H and O–H groups in total. The van der Waals surface area contributed by atoms with Gasteiger partial charge in [0, 0.05) is 25.4 Å². The fourth-order valence-electron chi connectivity index (χ4n) is 4.13. The van der Waals surface area contributed by atoms with Gasteiger partial charge in [-0.1, -0.05) is 55.5 Å². The molecule has 1 unspecified atom stereocenters. The molecule has 1 heterocycles. The maximum atomic E-state index is 12.3. The van der Waals surface area contributed by atoms with E-state index in [0.29, 0.717) is 26.1 Å². The molecule has 0 saturated carbocycles. The Morgan fingerprint density at radius 3 is 2.33 bits per heavy atom. The molecule has 0 aromatic heterocycles. The summed E-state index contributed by atoms with van der Waals surface area (Å²) in [5.74, 6) is 0.191. The fraction of sp³-hybridized carbons (Fsp3) is 0.364. The first-order valence-corrected chi connectivity index (χ1v) is 9.56. The van der Waals surface area contributed by atoms with Gasteiger partial charge in [-0.3, -0.25) is 4.79 Å². The Morgan fingerprint density at radius 1 is 1.07 bits per heavy atom. The average molecular weight is 364 g/mol. The molecule has 1 saturated heterocycles. The van der Waals surface area contributed by atoms with Crippen LogP contribution in [0.15, 0.2) is 48.5 Å². The molecule has 0 radical (unpaired) electrons. The van der Waals surface area contributed by atoms with Gasteiger partial charge in [0.15, 0.2) is 0 Å². The summed E-state index contributed by atoms with van der Waals surface area (Å²) in [6.45, 7) is 3.43. The Kier molecular flexibility index (Phi) is 4.84. The van der Waals surface area contributed by atoms with E-state index in [0.717, 1.165) is 6.42 Å². The third-order valence-electron chi connectivity index (χ3n) is 5.51. The number of carbonyl (C=O) groups is 2. The largest absolute Gasteiger partial charge is 0.449 e. The van der Waals surface area contributed by atoms with E-state index in [-0.39, 0.29) is 17.9 Å². The quantitative estimate of drug-likeness (QED) is 0.903. The van der Waals surface area contributed by atoms with Crippen LogP contribution in [-0.4, -0.2) is 42.6 Å². The minimum Gasteiger partial charge on any atom is -0.449 e. The molecule has 0 bridgehead atoms. The van der Waals surface area contributed by atoms with Gasteiger partial charge in [-0.2, -0.15) is 0 Å². The van der Waals surface area contributed by atoms with Crippen LogP contribution in [0.4, 0.5) is 4.79 Å². The molecule has 2 aromatic rings. The van der Waals surface area contributed by atoms with E-state index in [9.17, 15) is 9.59 Å². The van der Waals surface area contributed by atoms with Crippen molar-refractivity contribution in [2.24, 2.45) is 0 Å². The summed E-state index contributed by atoms with van der Waals surface area (Å²) in [5.41, 5.74) is 4.83. The number of ether oxygens (including phenoxy) is 1. The van der Waals surface area contributed by atoms with E-state index in [1.807, 2.05) is 31.2 Å². The molecular formula is C22H24N2O3. The molecular weight excluding hydrogens is 340 g/mol. The number of carbonyl (C=O) groups excluding carboxylic acids is 2. The highest BCUT2D eigenvalue weighted by atomic mass is 16.5. The van der Waals surface area contributed by atoms with E-state index in [1.165, 1.54) is 22.3 Å². The van der Waals surface area contributed by atoms with Gasteiger partial charge < -0.3 is 15.0 Å². The van der Waals surface area contributed by atoms with Crippen LogP contribution in [0.5, 0.6) is 0 Å². The normalized spacial score (nSPS) is 18.1. The standard InChI is InChI=1S/C22H24N2O3/c1-2-21(25)24-12-11-15(13-24)23-22(26)27-14-20-18-9-5-3-7-16(18)17-8-4-6-10-19(17)20/h3-10,15,20H,2,11-14H2,1H3,(H,23,26). The number of hydrogen-bond acceptors (Lipinski definition) is 3. The maximum Gasteiger partial charge on any atom is 0.407 e. The van der Waals surface area contributed by atoms with Crippen molar-refractivity contribution in [3.8, 4) is 11.1 Å². The summed E-state index contributed by atoms with van der Waals surface area (Å²) in [7, 11) is 0. The molecule has 1 aliphatic heterocycles. The number of likely N-dealkylation sites (tertiary alicyclic amines) is 1. The van der Waals surface area contributed by atoms with Gasteiger partial charge in [0.1, 0.15) is 6.61 Å². The third kappa shape index (κ3) is 3.42. The lowest BCUT2D eigenvalue weighted by Crippen LogP contribution is -2.39. The zero-order valence-corrected chi connectivity index (χ0v) is 15.5. The summed E-state index contributed by atoms with van der Waals surface area (Å²) in [6.07, 6.45) is 0.862. The van der Waals surface area contributed by atoms with Crippen LogP contribution < -0.4 is 5.32 Å². The van der Waals surface area contributed by atoms with Crippen molar-refractivity contribution in [2.75, 3.05) is 19.7 Å². The smallest absolute Gasteiger partial charge is 0.407 e. The summed E-state index contributed by atoms with van der Waals surface area (Å²) in [4.78, 5) is 25.8. The summed E-state index contributed by atoms with van der Waals surface area (Å²) < 4.78 is 5.57. The second kappa shape index (κ2) is 7.43. The van der Waals surface area contributed by atoms with Crippen molar-refractivity contribution in [3.05, 3.63) is 59.7 Å². The SMILES string of the molecule is CCC(=O)N1CCC(NC(=O)OCC2c3ccccc3-c3ccccc32)C1. The monoisotopic (exact) mass is 364 g/mol. The number of nitrogens with one attached hydrogen (secondary N) is 1. The van der Waals surface area contributed by atoms with Crippen molar-refractivity contribution in [3.63, 3.8) is 0 Å². The van der Waals surface area contributed by atoms with Crippen LogP contribution >= 0.6 is 0 Å². The van der Waals surface area contributed by atoms with Gasteiger partial charge in [0.25, 0.3) is 0 Å². The first kappa shape index (κ1) is 17.6. The first-order valence-electron chi connectivity index (χ1n) is 9.56. The van der Waals surface area contributed by atoms with Crippen molar-refractivity contribution in [2.45, 2.75) is 31.7 Å². The number of fused-ring (bicyclic) bond motifs is 3. The Balaban J connectivity index is 1.38. The Morgan fingerprint density at radius 2 is 1.70 bits per heavy atom. The van der Waals surface area contributed by atoms with E-state index in [2.05, 4.69) is 29.6 Å². The highest BCUT2D eigenvalue weighted by molar-refractivity contribution is 5.79. The molecule has 5 heteroatoms. The summed E-state index contributed by atoms with van der Waals surface area (Å²) >= 11 is 0. The molecule has 4 rings (SSSR count). The number of amides is 2. The zero-order valence-electron chi connectivity index (χ0n) is 15.5. The maximum absolute atomic E-state index is 12.3.